The number of piperidine rings is 1. The summed E-state index contributed by atoms with van der Waals surface area (Å²) in [6.07, 6.45) is 7.17. The lowest BCUT2D eigenvalue weighted by Crippen LogP contribution is -2.41. The second kappa shape index (κ2) is 8.82. The quantitative estimate of drug-likeness (QED) is 0.799. The molecule has 3 rings (SSSR count). The van der Waals surface area contributed by atoms with Gasteiger partial charge in [0.05, 0.1) is 11.9 Å². The number of carbonyl (C=O) groups is 1. The van der Waals surface area contributed by atoms with Crippen molar-refractivity contribution in [3.8, 4) is 6.07 Å². The molecule has 0 atom stereocenters. The molecule has 0 aromatic carbocycles. The van der Waals surface area contributed by atoms with Gasteiger partial charge in [0, 0.05) is 25.6 Å². The van der Waals surface area contributed by atoms with E-state index in [9.17, 15) is 4.79 Å². The van der Waals surface area contributed by atoms with E-state index < -0.39 is 0 Å². The summed E-state index contributed by atoms with van der Waals surface area (Å²) < 4.78 is 0. The minimum atomic E-state index is 0.120. The number of carbonyl (C=O) groups excluding carboxylic acids is 1. The second-order valence-corrected chi connectivity index (χ2v) is 6.97. The molecule has 0 saturated carbocycles. The number of amides is 1. The van der Waals surface area contributed by atoms with Crippen molar-refractivity contribution >= 4 is 11.6 Å². The smallest absolute Gasteiger partial charge is 0.223 e. The van der Waals surface area contributed by atoms with E-state index in [0.717, 1.165) is 51.1 Å². The highest BCUT2D eigenvalue weighted by molar-refractivity contribution is 5.78. The highest BCUT2D eigenvalue weighted by Crippen LogP contribution is 2.23. The number of likely N-dealkylation sites (tertiary alicyclic amines) is 1. The van der Waals surface area contributed by atoms with Crippen molar-refractivity contribution in [1.82, 2.24) is 15.2 Å². The molecule has 2 fully saturated rings. The molecule has 0 spiro atoms. The first-order chi connectivity index (χ1) is 12.3. The lowest BCUT2D eigenvalue weighted by atomic mass is 9.95. The molecule has 0 bridgehead atoms. The normalized spacial score (nSPS) is 18.9. The Hall–Kier alpha value is -2.13. The number of aromatic nitrogens is 1. The van der Waals surface area contributed by atoms with Crippen LogP contribution < -0.4 is 10.2 Å². The van der Waals surface area contributed by atoms with Crippen LogP contribution in [0.3, 0.4) is 0 Å². The van der Waals surface area contributed by atoms with E-state index in [1.807, 2.05) is 12.1 Å². The number of pyridine rings is 1. The number of nitrogens with zero attached hydrogens (tertiary/aromatic N) is 4. The van der Waals surface area contributed by atoms with Crippen LogP contribution in [-0.4, -0.2) is 55.1 Å². The van der Waals surface area contributed by atoms with Gasteiger partial charge < -0.3 is 15.1 Å². The molecule has 6 heteroatoms. The Balaban J connectivity index is 1.36. The SMILES string of the molecule is N#Cc1ccc(N2CCC(C(=O)NCCCN3CCCC3)CC2)cn1. The predicted octanol–water partition coefficient (Wildman–Crippen LogP) is 1.77. The van der Waals surface area contributed by atoms with Crippen LogP contribution >= 0.6 is 0 Å². The lowest BCUT2D eigenvalue weighted by molar-refractivity contribution is -0.125. The molecule has 6 nitrogen and oxygen atoms in total. The molecule has 0 radical (unpaired) electrons. The maximum Gasteiger partial charge on any atom is 0.223 e. The fraction of sp³-hybridized carbons (Fsp3) is 0.632. The van der Waals surface area contributed by atoms with E-state index in [1.54, 1.807) is 12.3 Å². The van der Waals surface area contributed by atoms with E-state index in [4.69, 9.17) is 5.26 Å². The summed E-state index contributed by atoms with van der Waals surface area (Å²) in [5, 5.41) is 11.9. The molecule has 2 aliphatic rings. The van der Waals surface area contributed by atoms with E-state index in [1.165, 1.54) is 25.9 Å². The molecule has 0 aliphatic carbocycles. The highest BCUT2D eigenvalue weighted by Gasteiger charge is 2.25. The number of anilines is 1. The van der Waals surface area contributed by atoms with Crippen molar-refractivity contribution in [2.75, 3.05) is 44.2 Å². The fourth-order valence-corrected chi connectivity index (χ4v) is 3.70. The Bertz CT molecular complexity index is 595. The highest BCUT2D eigenvalue weighted by atomic mass is 16.1. The molecule has 1 aromatic heterocycles. The Kier molecular flexibility index (Phi) is 6.24. The minimum Gasteiger partial charge on any atom is -0.370 e. The van der Waals surface area contributed by atoms with Gasteiger partial charge in [-0.25, -0.2) is 4.98 Å². The largest absolute Gasteiger partial charge is 0.370 e. The van der Waals surface area contributed by atoms with Gasteiger partial charge in [-0.1, -0.05) is 0 Å². The van der Waals surface area contributed by atoms with Crippen LogP contribution in [0.4, 0.5) is 5.69 Å². The van der Waals surface area contributed by atoms with E-state index in [-0.39, 0.29) is 11.8 Å². The van der Waals surface area contributed by atoms with Crippen molar-refractivity contribution in [3.63, 3.8) is 0 Å². The van der Waals surface area contributed by atoms with Gasteiger partial charge >= 0.3 is 0 Å². The third kappa shape index (κ3) is 4.93. The average Bonchev–Trinajstić information content (AvgIpc) is 3.19. The van der Waals surface area contributed by atoms with Gasteiger partial charge in [0.2, 0.25) is 5.91 Å². The first-order valence-electron chi connectivity index (χ1n) is 9.37. The molecule has 1 aromatic rings. The van der Waals surface area contributed by atoms with Crippen LogP contribution in [0.15, 0.2) is 18.3 Å². The van der Waals surface area contributed by atoms with Gasteiger partial charge in [-0.15, -0.1) is 0 Å². The first kappa shape index (κ1) is 17.7. The summed E-state index contributed by atoms with van der Waals surface area (Å²) in [6, 6.07) is 5.71. The zero-order valence-electron chi connectivity index (χ0n) is 14.8. The van der Waals surface area contributed by atoms with Crippen LogP contribution in [0, 0.1) is 17.2 Å². The summed E-state index contributed by atoms with van der Waals surface area (Å²) >= 11 is 0. The zero-order chi connectivity index (χ0) is 17.5. The number of nitrogens with one attached hydrogen (secondary N) is 1. The number of hydrogen-bond acceptors (Lipinski definition) is 5. The van der Waals surface area contributed by atoms with E-state index in [0.29, 0.717) is 5.69 Å². The van der Waals surface area contributed by atoms with Gasteiger partial charge in [0.15, 0.2) is 0 Å². The molecule has 2 aliphatic heterocycles. The topological polar surface area (TPSA) is 72.3 Å². The van der Waals surface area contributed by atoms with Crippen molar-refractivity contribution in [2.24, 2.45) is 5.92 Å². The molecule has 2 saturated heterocycles. The van der Waals surface area contributed by atoms with Crippen LogP contribution in [-0.2, 0) is 4.79 Å². The summed E-state index contributed by atoms with van der Waals surface area (Å²) in [5.41, 5.74) is 1.47. The monoisotopic (exact) mass is 341 g/mol. The van der Waals surface area contributed by atoms with Gasteiger partial charge in [0.25, 0.3) is 0 Å². The van der Waals surface area contributed by atoms with Gasteiger partial charge in [-0.2, -0.15) is 5.26 Å². The maximum absolute atomic E-state index is 12.3. The van der Waals surface area contributed by atoms with Crippen molar-refractivity contribution < 1.29 is 4.79 Å². The molecule has 25 heavy (non-hydrogen) atoms. The molecule has 3 heterocycles. The van der Waals surface area contributed by atoms with Gasteiger partial charge in [0.1, 0.15) is 11.8 Å². The Morgan fingerprint density at radius 1 is 1.24 bits per heavy atom. The second-order valence-electron chi connectivity index (χ2n) is 6.97. The summed E-state index contributed by atoms with van der Waals surface area (Å²) in [5.74, 6) is 0.327. The van der Waals surface area contributed by atoms with Crippen LogP contribution in [0.2, 0.25) is 0 Å². The lowest BCUT2D eigenvalue weighted by Gasteiger charge is -2.32. The van der Waals surface area contributed by atoms with E-state index in [2.05, 4.69) is 20.1 Å². The summed E-state index contributed by atoms with van der Waals surface area (Å²) in [4.78, 5) is 21.2. The third-order valence-electron chi connectivity index (χ3n) is 5.24. The summed E-state index contributed by atoms with van der Waals surface area (Å²) in [7, 11) is 0. The van der Waals surface area contributed by atoms with Crippen LogP contribution in [0.5, 0.6) is 0 Å². The fourth-order valence-electron chi connectivity index (χ4n) is 3.70. The average molecular weight is 341 g/mol. The minimum absolute atomic E-state index is 0.120. The maximum atomic E-state index is 12.3. The number of nitriles is 1. The third-order valence-corrected chi connectivity index (χ3v) is 5.24. The van der Waals surface area contributed by atoms with Gasteiger partial charge in [-0.3, -0.25) is 4.79 Å². The number of rotatable bonds is 6. The molecule has 1 amide bonds. The van der Waals surface area contributed by atoms with Crippen molar-refractivity contribution in [3.05, 3.63) is 24.0 Å². The van der Waals surface area contributed by atoms with Crippen LogP contribution in [0.1, 0.15) is 37.8 Å². The van der Waals surface area contributed by atoms with Crippen molar-refractivity contribution in [1.29, 1.82) is 5.26 Å². The molecule has 1 N–H and O–H groups in total. The van der Waals surface area contributed by atoms with Crippen molar-refractivity contribution in [2.45, 2.75) is 32.1 Å². The molecule has 134 valence electrons. The Labute approximate surface area is 149 Å². The molecular formula is C19H27N5O. The van der Waals surface area contributed by atoms with E-state index >= 15 is 0 Å². The van der Waals surface area contributed by atoms with Crippen LogP contribution in [0.25, 0.3) is 0 Å². The zero-order valence-corrected chi connectivity index (χ0v) is 14.8. The number of hydrogen-bond donors (Lipinski definition) is 1. The Morgan fingerprint density at radius 3 is 2.64 bits per heavy atom. The molecule has 0 unspecified atom stereocenters. The summed E-state index contributed by atoms with van der Waals surface area (Å²) in [6.45, 7) is 6.05. The first-order valence-corrected chi connectivity index (χ1v) is 9.37. The molecular weight excluding hydrogens is 314 g/mol. The predicted molar refractivity (Wildman–Crippen MR) is 97.2 cm³/mol. The van der Waals surface area contributed by atoms with Gasteiger partial charge in [-0.05, 0) is 63.9 Å². The standard InChI is InChI=1S/C19H27N5O/c20-14-17-4-5-18(15-22-17)24-12-6-16(7-13-24)19(25)21-8-3-11-23-9-1-2-10-23/h4-5,15-16H,1-3,6-13H2,(H,21,25). The Morgan fingerprint density at radius 2 is 2.00 bits per heavy atom.